The molecular formula is C19H24ClN3O5S. The minimum atomic E-state index is -3.69. The van der Waals surface area contributed by atoms with Crippen molar-refractivity contribution in [3.8, 4) is 0 Å². The van der Waals surface area contributed by atoms with Gasteiger partial charge in [-0.05, 0) is 23.8 Å². The smallest absolute Gasteiger partial charge is 0.355 e. The third kappa shape index (κ3) is 5.81. The second kappa shape index (κ2) is 9.91. The number of carbonyl (C=O) groups excluding carboxylic acids is 2. The molecule has 0 radical (unpaired) electrons. The van der Waals surface area contributed by atoms with Crippen LogP contribution in [0.25, 0.3) is 0 Å². The Bertz CT molecular complexity index is 966. The monoisotopic (exact) mass is 441 g/mol. The molecule has 10 heteroatoms. The van der Waals surface area contributed by atoms with E-state index in [0.29, 0.717) is 18.1 Å². The molecule has 1 N–H and O–H groups in total. The molecule has 1 heterocycles. The number of aromatic nitrogens is 1. The minimum Gasteiger partial charge on any atom is -0.451 e. The first-order valence-corrected chi connectivity index (χ1v) is 10.9. The van der Waals surface area contributed by atoms with Crippen LogP contribution in [0.4, 0.5) is 0 Å². The van der Waals surface area contributed by atoms with Gasteiger partial charge in [-0.15, -0.1) is 0 Å². The highest BCUT2D eigenvalue weighted by Crippen LogP contribution is 2.19. The topological polar surface area (TPSA) is 97.7 Å². The number of carbonyl (C=O) groups is 2. The number of nitrogens with zero attached hydrogens (tertiary/aromatic N) is 2. The summed E-state index contributed by atoms with van der Waals surface area (Å²) in [7, 11) is -2.15. The molecule has 0 saturated carbocycles. The lowest BCUT2D eigenvalue weighted by Crippen LogP contribution is -2.30. The van der Waals surface area contributed by atoms with E-state index in [9.17, 15) is 18.0 Å². The maximum atomic E-state index is 12.6. The number of halogens is 1. The molecule has 0 saturated heterocycles. The predicted octanol–water partition coefficient (Wildman–Crippen LogP) is 2.18. The van der Waals surface area contributed by atoms with Gasteiger partial charge in [0.2, 0.25) is 10.0 Å². The fourth-order valence-corrected chi connectivity index (χ4v) is 4.31. The molecule has 1 amide bonds. The van der Waals surface area contributed by atoms with Crippen LogP contribution in [0.5, 0.6) is 0 Å². The highest BCUT2D eigenvalue weighted by molar-refractivity contribution is 7.89. The van der Waals surface area contributed by atoms with Gasteiger partial charge in [0.15, 0.2) is 6.61 Å². The molecule has 0 unspecified atom stereocenters. The quantitative estimate of drug-likeness (QED) is 0.601. The molecule has 0 bridgehead atoms. The molecular weight excluding hydrogens is 418 g/mol. The van der Waals surface area contributed by atoms with Crippen molar-refractivity contribution in [1.82, 2.24) is 14.2 Å². The van der Waals surface area contributed by atoms with Crippen LogP contribution in [-0.2, 0) is 33.1 Å². The van der Waals surface area contributed by atoms with E-state index < -0.39 is 28.5 Å². The predicted molar refractivity (Wildman–Crippen MR) is 109 cm³/mol. The molecule has 8 nitrogen and oxygen atoms in total. The molecule has 0 aliphatic rings. The molecule has 158 valence electrons. The van der Waals surface area contributed by atoms with Crippen LogP contribution in [0, 0.1) is 0 Å². The zero-order chi connectivity index (χ0) is 21.6. The van der Waals surface area contributed by atoms with Crippen LogP contribution in [0.15, 0.2) is 41.4 Å². The Labute approximate surface area is 175 Å². The number of amides is 1. The Morgan fingerprint density at radius 1 is 1.17 bits per heavy atom. The van der Waals surface area contributed by atoms with Crippen LogP contribution in [0.2, 0.25) is 5.02 Å². The summed E-state index contributed by atoms with van der Waals surface area (Å²) in [6.45, 7) is 3.91. The molecule has 2 rings (SSSR count). The summed E-state index contributed by atoms with van der Waals surface area (Å²) in [6.07, 6.45) is 1.35. The molecule has 29 heavy (non-hydrogen) atoms. The van der Waals surface area contributed by atoms with E-state index in [1.165, 1.54) is 21.1 Å². The first-order valence-electron chi connectivity index (χ1n) is 9.03. The van der Waals surface area contributed by atoms with Gasteiger partial charge in [-0.2, -0.15) is 4.31 Å². The Morgan fingerprint density at radius 2 is 1.79 bits per heavy atom. The fourth-order valence-electron chi connectivity index (χ4n) is 2.65. The van der Waals surface area contributed by atoms with Gasteiger partial charge < -0.3 is 14.6 Å². The molecule has 0 aliphatic carbocycles. The van der Waals surface area contributed by atoms with E-state index >= 15 is 0 Å². The average Bonchev–Trinajstić information content (AvgIpc) is 3.09. The normalized spacial score (nSPS) is 11.5. The first kappa shape index (κ1) is 22.9. The SMILES string of the molecule is CCN(CC)S(=O)(=O)c1cc(C(=O)OCC(=O)NCc2ccc(Cl)cc2)n(C)c1. The summed E-state index contributed by atoms with van der Waals surface area (Å²) in [4.78, 5) is 24.2. The van der Waals surface area contributed by atoms with Crippen molar-refractivity contribution in [2.75, 3.05) is 19.7 Å². The van der Waals surface area contributed by atoms with E-state index in [2.05, 4.69) is 5.32 Å². The maximum absolute atomic E-state index is 12.6. The lowest BCUT2D eigenvalue weighted by atomic mass is 10.2. The van der Waals surface area contributed by atoms with Gasteiger partial charge in [0, 0.05) is 37.9 Å². The van der Waals surface area contributed by atoms with Gasteiger partial charge in [0.25, 0.3) is 5.91 Å². The Kier molecular flexibility index (Phi) is 7.83. The number of sulfonamides is 1. The summed E-state index contributed by atoms with van der Waals surface area (Å²) >= 11 is 5.81. The van der Waals surface area contributed by atoms with Gasteiger partial charge in [-0.3, -0.25) is 4.79 Å². The Morgan fingerprint density at radius 3 is 2.38 bits per heavy atom. The van der Waals surface area contributed by atoms with Crippen LogP contribution < -0.4 is 5.32 Å². The van der Waals surface area contributed by atoms with Crippen LogP contribution >= 0.6 is 11.6 Å². The number of nitrogens with one attached hydrogen (secondary N) is 1. The second-order valence-corrected chi connectivity index (χ2v) is 8.61. The summed E-state index contributed by atoms with van der Waals surface area (Å²) in [5.41, 5.74) is 0.893. The molecule has 0 spiro atoms. The number of rotatable bonds is 9. The Balaban J connectivity index is 1.96. The molecule has 1 aromatic carbocycles. The summed E-state index contributed by atoms with van der Waals surface area (Å²) in [5.74, 6) is -1.26. The van der Waals surface area contributed by atoms with Crippen LogP contribution in [0.3, 0.4) is 0 Å². The number of ether oxygens (including phenoxy) is 1. The first-order chi connectivity index (χ1) is 13.7. The number of esters is 1. The van der Waals surface area contributed by atoms with Crippen molar-refractivity contribution >= 4 is 33.5 Å². The van der Waals surface area contributed by atoms with Crippen molar-refractivity contribution < 1.29 is 22.7 Å². The summed E-state index contributed by atoms with van der Waals surface area (Å²) in [5, 5.41) is 3.23. The van der Waals surface area contributed by atoms with Crippen molar-refractivity contribution in [1.29, 1.82) is 0 Å². The zero-order valence-corrected chi connectivity index (χ0v) is 18.1. The highest BCUT2D eigenvalue weighted by atomic mass is 35.5. The third-order valence-corrected chi connectivity index (χ3v) is 6.54. The standard InChI is InChI=1S/C19H24ClN3O5S/c1-4-23(5-2)29(26,27)16-10-17(22(3)12-16)19(25)28-13-18(24)21-11-14-6-8-15(20)9-7-14/h6-10,12H,4-5,11,13H2,1-3H3,(H,21,24). The number of aryl methyl sites for hydroxylation is 1. The van der Waals surface area contributed by atoms with Crippen LogP contribution in [-0.4, -0.2) is 48.9 Å². The van der Waals surface area contributed by atoms with Gasteiger partial charge >= 0.3 is 5.97 Å². The number of hydrogen-bond donors (Lipinski definition) is 1. The summed E-state index contributed by atoms with van der Waals surface area (Å²) < 4.78 is 32.8. The van der Waals surface area contributed by atoms with E-state index in [1.807, 2.05) is 0 Å². The van der Waals surface area contributed by atoms with Gasteiger partial charge in [0.05, 0.1) is 0 Å². The largest absolute Gasteiger partial charge is 0.451 e. The van der Waals surface area contributed by atoms with Crippen LogP contribution in [0.1, 0.15) is 29.9 Å². The van der Waals surface area contributed by atoms with Crippen molar-refractivity contribution in [3.05, 3.63) is 52.8 Å². The molecule has 1 aromatic heterocycles. The van der Waals surface area contributed by atoms with Crippen molar-refractivity contribution in [3.63, 3.8) is 0 Å². The lowest BCUT2D eigenvalue weighted by Gasteiger charge is -2.17. The zero-order valence-electron chi connectivity index (χ0n) is 16.5. The molecule has 0 aliphatic heterocycles. The third-order valence-electron chi connectivity index (χ3n) is 4.27. The highest BCUT2D eigenvalue weighted by Gasteiger charge is 2.26. The van der Waals surface area contributed by atoms with E-state index in [4.69, 9.17) is 16.3 Å². The van der Waals surface area contributed by atoms with Gasteiger partial charge in [-0.1, -0.05) is 37.6 Å². The van der Waals surface area contributed by atoms with E-state index in [-0.39, 0.29) is 17.1 Å². The molecule has 2 aromatic rings. The summed E-state index contributed by atoms with van der Waals surface area (Å²) in [6, 6.07) is 8.22. The van der Waals surface area contributed by atoms with Crippen molar-refractivity contribution in [2.24, 2.45) is 7.05 Å². The van der Waals surface area contributed by atoms with E-state index in [0.717, 1.165) is 5.56 Å². The maximum Gasteiger partial charge on any atom is 0.355 e. The molecule has 0 fully saturated rings. The number of benzene rings is 1. The van der Waals surface area contributed by atoms with E-state index in [1.54, 1.807) is 45.2 Å². The number of hydrogen-bond acceptors (Lipinski definition) is 5. The molecule has 0 atom stereocenters. The average molecular weight is 442 g/mol. The Hall–Kier alpha value is -2.36. The van der Waals surface area contributed by atoms with Gasteiger partial charge in [0.1, 0.15) is 10.6 Å². The van der Waals surface area contributed by atoms with Crippen molar-refractivity contribution in [2.45, 2.75) is 25.3 Å². The fraction of sp³-hybridized carbons (Fsp3) is 0.368. The lowest BCUT2D eigenvalue weighted by molar-refractivity contribution is -0.124. The second-order valence-electron chi connectivity index (χ2n) is 6.24. The minimum absolute atomic E-state index is 0.00263. The van der Waals surface area contributed by atoms with Gasteiger partial charge in [-0.25, -0.2) is 13.2 Å².